The summed E-state index contributed by atoms with van der Waals surface area (Å²) in [5.41, 5.74) is 1.39. The van der Waals surface area contributed by atoms with Crippen LogP contribution in [0, 0.1) is 6.92 Å². The van der Waals surface area contributed by atoms with E-state index in [1.165, 1.54) is 33.6 Å². The maximum absolute atomic E-state index is 13.8. The molecule has 192 valence electrons. The van der Waals surface area contributed by atoms with Crippen molar-refractivity contribution >= 4 is 15.8 Å². The Labute approximate surface area is 214 Å². The van der Waals surface area contributed by atoms with Gasteiger partial charge < -0.3 is 18.9 Å². The summed E-state index contributed by atoms with van der Waals surface area (Å²) in [6.07, 6.45) is 4.61. The van der Waals surface area contributed by atoms with E-state index in [0.29, 0.717) is 17.1 Å². The molecule has 1 aromatic carbocycles. The van der Waals surface area contributed by atoms with Crippen LogP contribution in [0.25, 0.3) is 11.4 Å². The molecule has 0 aliphatic rings. The number of aryl methyl sites for hydroxylation is 1. The summed E-state index contributed by atoms with van der Waals surface area (Å²) in [6, 6.07) is 13.3. The molecule has 11 nitrogen and oxygen atoms in total. The van der Waals surface area contributed by atoms with Gasteiger partial charge in [-0.25, -0.2) is 14.3 Å². The van der Waals surface area contributed by atoms with Crippen LogP contribution in [0.15, 0.2) is 72.1 Å². The van der Waals surface area contributed by atoms with Gasteiger partial charge in [-0.1, -0.05) is 18.2 Å². The highest BCUT2D eigenvalue weighted by Crippen LogP contribution is 2.43. The standard InChI is InChI=1S/C25H25N5O6S/c1-17-9-10-21(27-15-17)37(31,32)30(16-33-2)24-22(36-20-8-6-5-7-19(20)34-3)25(35-4)29-23(28-24)18-11-13-26-14-12-18/h5-15H,16H2,1-4H3. The topological polar surface area (TPSA) is 126 Å². The fourth-order valence-electron chi connectivity index (χ4n) is 3.34. The Morgan fingerprint density at radius 3 is 2.24 bits per heavy atom. The first-order chi connectivity index (χ1) is 17.9. The molecule has 0 fully saturated rings. The van der Waals surface area contributed by atoms with Crippen molar-refractivity contribution in [2.45, 2.75) is 11.9 Å². The Kier molecular flexibility index (Phi) is 7.80. The van der Waals surface area contributed by atoms with Gasteiger partial charge in [-0.05, 0) is 42.8 Å². The highest BCUT2D eigenvalue weighted by molar-refractivity contribution is 7.92. The molecule has 4 aromatic rings. The van der Waals surface area contributed by atoms with Gasteiger partial charge in [0.25, 0.3) is 15.9 Å². The Morgan fingerprint density at radius 1 is 0.892 bits per heavy atom. The maximum Gasteiger partial charge on any atom is 0.285 e. The second-order valence-corrected chi connectivity index (χ2v) is 9.45. The van der Waals surface area contributed by atoms with Crippen molar-refractivity contribution in [3.05, 3.63) is 72.7 Å². The number of rotatable bonds is 10. The van der Waals surface area contributed by atoms with Crippen LogP contribution < -0.4 is 18.5 Å². The molecule has 0 radical (unpaired) electrons. The molecule has 0 spiro atoms. The second-order valence-electron chi connectivity index (χ2n) is 7.64. The quantitative estimate of drug-likeness (QED) is 0.283. The second kappa shape index (κ2) is 11.2. The van der Waals surface area contributed by atoms with Gasteiger partial charge in [0.1, 0.15) is 6.73 Å². The van der Waals surface area contributed by atoms with Crippen molar-refractivity contribution in [3.63, 3.8) is 0 Å². The van der Waals surface area contributed by atoms with Crippen LogP contribution in [0.3, 0.4) is 0 Å². The van der Waals surface area contributed by atoms with Crippen molar-refractivity contribution in [2.24, 2.45) is 0 Å². The summed E-state index contributed by atoms with van der Waals surface area (Å²) in [7, 11) is 0.000667. The molecule has 0 saturated carbocycles. The van der Waals surface area contributed by atoms with Crippen LogP contribution in [0.1, 0.15) is 5.56 Å². The number of hydrogen-bond acceptors (Lipinski definition) is 10. The number of para-hydroxylation sites is 2. The fourth-order valence-corrected chi connectivity index (χ4v) is 4.59. The number of methoxy groups -OCH3 is 3. The lowest BCUT2D eigenvalue weighted by Gasteiger charge is -2.25. The number of ether oxygens (including phenoxy) is 4. The molecule has 0 N–H and O–H groups in total. The Morgan fingerprint density at radius 2 is 1.62 bits per heavy atom. The lowest BCUT2D eigenvalue weighted by atomic mass is 10.2. The molecule has 0 aliphatic carbocycles. The zero-order valence-electron chi connectivity index (χ0n) is 20.7. The van der Waals surface area contributed by atoms with Crippen molar-refractivity contribution in [1.29, 1.82) is 0 Å². The first-order valence-electron chi connectivity index (χ1n) is 11.0. The highest BCUT2D eigenvalue weighted by atomic mass is 32.2. The van der Waals surface area contributed by atoms with Gasteiger partial charge in [0, 0.05) is 31.3 Å². The fraction of sp³-hybridized carbons (Fsp3) is 0.200. The van der Waals surface area contributed by atoms with Crippen molar-refractivity contribution in [1.82, 2.24) is 19.9 Å². The van der Waals surface area contributed by atoms with Gasteiger partial charge in [0.15, 0.2) is 28.2 Å². The van der Waals surface area contributed by atoms with E-state index < -0.39 is 16.8 Å². The molecule has 37 heavy (non-hydrogen) atoms. The third kappa shape index (κ3) is 5.44. The van der Waals surface area contributed by atoms with Gasteiger partial charge in [-0.3, -0.25) is 4.98 Å². The van der Waals surface area contributed by atoms with E-state index in [2.05, 4.69) is 19.9 Å². The van der Waals surface area contributed by atoms with E-state index >= 15 is 0 Å². The molecular weight excluding hydrogens is 498 g/mol. The smallest absolute Gasteiger partial charge is 0.285 e. The summed E-state index contributed by atoms with van der Waals surface area (Å²) < 4.78 is 50.9. The molecule has 12 heteroatoms. The van der Waals surface area contributed by atoms with E-state index in [-0.39, 0.29) is 28.3 Å². The number of nitrogens with zero attached hydrogens (tertiary/aromatic N) is 5. The average Bonchev–Trinajstić information content (AvgIpc) is 2.92. The SMILES string of the molecule is COCN(c1nc(-c2ccncc2)nc(OC)c1Oc1ccccc1OC)S(=O)(=O)c1ccc(C)cn1. The Bertz CT molecular complexity index is 1470. The van der Waals surface area contributed by atoms with Crippen LogP contribution in [-0.2, 0) is 14.8 Å². The number of sulfonamides is 1. The normalized spacial score (nSPS) is 11.1. The third-order valence-electron chi connectivity index (χ3n) is 5.15. The van der Waals surface area contributed by atoms with Crippen LogP contribution in [0.5, 0.6) is 23.1 Å². The number of anilines is 1. The zero-order chi connectivity index (χ0) is 26.4. The molecule has 4 rings (SSSR count). The lowest BCUT2D eigenvalue weighted by molar-refractivity contribution is 0.208. The van der Waals surface area contributed by atoms with E-state index in [4.69, 9.17) is 18.9 Å². The van der Waals surface area contributed by atoms with Crippen LogP contribution >= 0.6 is 0 Å². The summed E-state index contributed by atoms with van der Waals surface area (Å²) in [4.78, 5) is 17.2. The van der Waals surface area contributed by atoms with Crippen molar-refractivity contribution in [2.75, 3.05) is 32.4 Å². The van der Waals surface area contributed by atoms with Gasteiger partial charge in [-0.15, -0.1) is 0 Å². The minimum Gasteiger partial charge on any atom is -0.493 e. The van der Waals surface area contributed by atoms with Gasteiger partial charge in [0.2, 0.25) is 5.75 Å². The Hall–Kier alpha value is -4.29. The first-order valence-corrected chi connectivity index (χ1v) is 12.4. The van der Waals surface area contributed by atoms with Crippen molar-refractivity contribution in [3.8, 4) is 34.5 Å². The largest absolute Gasteiger partial charge is 0.493 e. The van der Waals surface area contributed by atoms with Gasteiger partial charge in [-0.2, -0.15) is 13.4 Å². The third-order valence-corrected chi connectivity index (χ3v) is 6.78. The van der Waals surface area contributed by atoms with E-state index in [0.717, 1.165) is 9.87 Å². The molecule has 0 bridgehead atoms. The summed E-state index contributed by atoms with van der Waals surface area (Å²) in [6.45, 7) is 1.42. The van der Waals surface area contributed by atoms with Crippen LogP contribution in [0.2, 0.25) is 0 Å². The minimum absolute atomic E-state index is 0.00381. The number of hydrogen-bond donors (Lipinski definition) is 0. The van der Waals surface area contributed by atoms with E-state index in [1.54, 1.807) is 54.9 Å². The molecule has 0 aliphatic heterocycles. The number of aromatic nitrogens is 4. The molecular formula is C25H25N5O6S. The van der Waals surface area contributed by atoms with Crippen LogP contribution in [0.4, 0.5) is 5.82 Å². The van der Waals surface area contributed by atoms with Gasteiger partial charge >= 0.3 is 0 Å². The summed E-state index contributed by atoms with van der Waals surface area (Å²) in [5, 5.41) is -0.193. The van der Waals surface area contributed by atoms with Gasteiger partial charge in [0.05, 0.1) is 14.2 Å². The lowest BCUT2D eigenvalue weighted by Crippen LogP contribution is -2.34. The summed E-state index contributed by atoms with van der Waals surface area (Å²) >= 11 is 0. The maximum atomic E-state index is 13.8. The van der Waals surface area contributed by atoms with E-state index in [9.17, 15) is 8.42 Å². The summed E-state index contributed by atoms with van der Waals surface area (Å²) in [5.74, 6) is 0.722. The molecule has 3 heterocycles. The molecule has 0 atom stereocenters. The van der Waals surface area contributed by atoms with Crippen LogP contribution in [-0.4, -0.2) is 56.4 Å². The number of pyridine rings is 2. The first kappa shape index (κ1) is 25.8. The predicted octanol–water partition coefficient (Wildman–Crippen LogP) is 3.85. The molecule has 0 saturated heterocycles. The molecule has 3 aromatic heterocycles. The Balaban J connectivity index is 1.97. The zero-order valence-corrected chi connectivity index (χ0v) is 21.5. The average molecular weight is 524 g/mol. The minimum atomic E-state index is -4.26. The molecule has 0 unspecified atom stereocenters. The van der Waals surface area contributed by atoms with E-state index in [1.807, 2.05) is 6.92 Å². The monoisotopic (exact) mass is 523 g/mol. The highest BCUT2D eigenvalue weighted by Gasteiger charge is 2.33. The molecule has 0 amide bonds. The number of benzene rings is 1. The predicted molar refractivity (Wildman–Crippen MR) is 135 cm³/mol. The van der Waals surface area contributed by atoms with Crippen molar-refractivity contribution < 1.29 is 27.4 Å².